The van der Waals surface area contributed by atoms with Crippen LogP contribution in [0.1, 0.15) is 18.4 Å². The Morgan fingerprint density at radius 1 is 1.21 bits per heavy atom. The fraction of sp³-hybridized carbons (Fsp3) is 0.500. The summed E-state index contributed by atoms with van der Waals surface area (Å²) in [5.74, 6) is 1.36. The molecule has 19 heavy (non-hydrogen) atoms. The maximum Gasteiger partial charge on any atom is 0.213 e. The summed E-state index contributed by atoms with van der Waals surface area (Å²) < 4.78 is 33.2. The van der Waals surface area contributed by atoms with E-state index in [0.29, 0.717) is 11.6 Å². The van der Waals surface area contributed by atoms with E-state index < -0.39 is 20.8 Å². The first-order chi connectivity index (χ1) is 8.92. The van der Waals surface area contributed by atoms with Gasteiger partial charge in [0.1, 0.15) is 0 Å². The summed E-state index contributed by atoms with van der Waals surface area (Å²) in [6, 6.07) is 7.57. The predicted octanol–water partition coefficient (Wildman–Crippen LogP) is 0.798. The molecule has 0 unspecified atom stereocenters. The Morgan fingerprint density at radius 3 is 2.32 bits per heavy atom. The lowest BCUT2D eigenvalue weighted by molar-refractivity contribution is 0.597. The van der Waals surface area contributed by atoms with E-state index in [9.17, 15) is 12.6 Å². The van der Waals surface area contributed by atoms with Gasteiger partial charge in [-0.05, 0) is 30.5 Å². The van der Waals surface area contributed by atoms with Gasteiger partial charge in [0.25, 0.3) is 0 Å². The molecule has 7 heteroatoms. The summed E-state index contributed by atoms with van der Waals surface area (Å²) in [7, 11) is -4.13. The van der Waals surface area contributed by atoms with Crippen molar-refractivity contribution >= 4 is 26.5 Å². The quantitative estimate of drug-likeness (QED) is 0.861. The minimum absolute atomic E-state index is 0.143. The molecule has 0 atom stereocenters. The van der Waals surface area contributed by atoms with Crippen LogP contribution in [0.15, 0.2) is 24.3 Å². The van der Waals surface area contributed by atoms with Crippen LogP contribution in [-0.2, 0) is 26.6 Å². The van der Waals surface area contributed by atoms with Crippen molar-refractivity contribution in [2.75, 3.05) is 16.8 Å². The summed E-state index contributed by atoms with van der Waals surface area (Å²) in [4.78, 5) is 0. The first kappa shape index (κ1) is 14.5. The average Bonchev–Trinajstić information content (AvgIpc) is 2.33. The van der Waals surface area contributed by atoms with Crippen LogP contribution in [0.2, 0.25) is 0 Å². The van der Waals surface area contributed by atoms with Gasteiger partial charge < -0.3 is 5.32 Å². The van der Waals surface area contributed by atoms with Crippen LogP contribution in [0, 0.1) is 0 Å². The Labute approximate surface area is 116 Å². The molecule has 3 N–H and O–H groups in total. The van der Waals surface area contributed by atoms with Gasteiger partial charge in [0.05, 0.1) is 5.75 Å². The highest BCUT2D eigenvalue weighted by Gasteiger charge is 2.17. The van der Waals surface area contributed by atoms with Crippen molar-refractivity contribution in [3.05, 3.63) is 29.8 Å². The maximum absolute atomic E-state index is 11.3. The zero-order valence-corrected chi connectivity index (χ0v) is 12.2. The third kappa shape index (κ3) is 4.93. The summed E-state index contributed by atoms with van der Waals surface area (Å²) in [5.41, 5.74) is 1.63. The lowest BCUT2D eigenvalue weighted by Gasteiger charge is -2.23. The molecule has 1 saturated heterocycles. The summed E-state index contributed by atoms with van der Waals surface area (Å²) >= 11 is 0. The first-order valence-corrected chi connectivity index (χ1v) is 9.34. The van der Waals surface area contributed by atoms with Crippen molar-refractivity contribution in [3.63, 3.8) is 0 Å². The number of rotatable bonds is 4. The number of primary sulfonamides is 1. The first-order valence-electron chi connectivity index (χ1n) is 6.13. The van der Waals surface area contributed by atoms with Gasteiger partial charge in [-0.15, -0.1) is 0 Å². The lowest BCUT2D eigenvalue weighted by Crippen LogP contribution is -2.29. The Hall–Kier alpha value is -0.920. The summed E-state index contributed by atoms with van der Waals surface area (Å²) in [6.07, 6.45) is 1.82. The van der Waals surface area contributed by atoms with Crippen LogP contribution >= 0.6 is 0 Å². The smallest absolute Gasteiger partial charge is 0.213 e. The van der Waals surface area contributed by atoms with Crippen LogP contribution in [0.3, 0.4) is 0 Å². The molecular weight excluding hydrogens is 284 g/mol. The van der Waals surface area contributed by atoms with Gasteiger partial charge in [-0.1, -0.05) is 12.1 Å². The van der Waals surface area contributed by atoms with E-state index in [2.05, 4.69) is 5.32 Å². The molecular formula is C12H18N2O3S2. The second-order valence-corrected chi connectivity index (χ2v) is 8.08. The molecule has 2 rings (SSSR count). The molecule has 1 heterocycles. The molecule has 0 amide bonds. The van der Waals surface area contributed by atoms with E-state index in [0.717, 1.165) is 30.0 Å². The van der Waals surface area contributed by atoms with Crippen molar-refractivity contribution in [3.8, 4) is 0 Å². The maximum atomic E-state index is 11.3. The molecule has 106 valence electrons. The molecule has 1 aliphatic heterocycles. The summed E-state index contributed by atoms with van der Waals surface area (Å²) in [5, 5.41) is 8.37. The fourth-order valence-corrected chi connectivity index (χ4v) is 4.06. The van der Waals surface area contributed by atoms with E-state index >= 15 is 0 Å². The van der Waals surface area contributed by atoms with E-state index in [1.165, 1.54) is 0 Å². The SMILES string of the molecule is NS(=O)(=O)Cc1ccc(NC2CCS(=O)CC2)cc1. The number of sulfonamides is 1. The zero-order chi connectivity index (χ0) is 13.9. The average molecular weight is 302 g/mol. The second kappa shape index (κ2) is 6.02. The van der Waals surface area contributed by atoms with Gasteiger partial charge >= 0.3 is 0 Å². The van der Waals surface area contributed by atoms with Gasteiger partial charge in [0.2, 0.25) is 10.0 Å². The minimum atomic E-state index is -3.48. The molecule has 5 nitrogen and oxygen atoms in total. The van der Waals surface area contributed by atoms with E-state index in [1.54, 1.807) is 12.1 Å². The Morgan fingerprint density at radius 2 is 1.79 bits per heavy atom. The lowest BCUT2D eigenvalue weighted by atomic mass is 10.1. The van der Waals surface area contributed by atoms with Gasteiger partial charge in [-0.25, -0.2) is 13.6 Å². The van der Waals surface area contributed by atoms with Crippen molar-refractivity contribution in [2.45, 2.75) is 24.6 Å². The normalized spacial score (nSPS) is 24.1. The van der Waals surface area contributed by atoms with E-state index in [-0.39, 0.29) is 5.75 Å². The Balaban J connectivity index is 1.93. The fourth-order valence-electron chi connectivity index (χ4n) is 2.10. The van der Waals surface area contributed by atoms with Gasteiger partial charge in [-0.2, -0.15) is 0 Å². The van der Waals surface area contributed by atoms with Gasteiger partial charge in [0, 0.05) is 34.0 Å². The Kier molecular flexibility index (Phi) is 4.59. The monoisotopic (exact) mass is 302 g/mol. The molecule has 1 aromatic rings. The minimum Gasteiger partial charge on any atom is -0.382 e. The Bertz CT molecular complexity index is 545. The van der Waals surface area contributed by atoms with E-state index in [1.807, 2.05) is 12.1 Å². The molecule has 0 bridgehead atoms. The number of hydrogen-bond acceptors (Lipinski definition) is 4. The van der Waals surface area contributed by atoms with Gasteiger partial charge in [0.15, 0.2) is 0 Å². The predicted molar refractivity (Wildman–Crippen MR) is 77.8 cm³/mol. The van der Waals surface area contributed by atoms with Crippen molar-refractivity contribution in [1.29, 1.82) is 0 Å². The van der Waals surface area contributed by atoms with Crippen molar-refractivity contribution in [2.24, 2.45) is 5.14 Å². The number of nitrogens with one attached hydrogen (secondary N) is 1. The van der Waals surface area contributed by atoms with Crippen molar-refractivity contribution < 1.29 is 12.6 Å². The summed E-state index contributed by atoms with van der Waals surface area (Å²) in [6.45, 7) is 0. The molecule has 1 aromatic carbocycles. The molecule has 0 radical (unpaired) electrons. The highest BCUT2D eigenvalue weighted by molar-refractivity contribution is 7.88. The molecule has 0 spiro atoms. The topological polar surface area (TPSA) is 89.3 Å². The van der Waals surface area contributed by atoms with Crippen LogP contribution in [-0.4, -0.2) is 30.2 Å². The molecule has 0 saturated carbocycles. The molecule has 1 aliphatic rings. The highest BCUT2D eigenvalue weighted by atomic mass is 32.2. The zero-order valence-electron chi connectivity index (χ0n) is 10.5. The number of anilines is 1. The number of hydrogen-bond donors (Lipinski definition) is 2. The van der Waals surface area contributed by atoms with Crippen LogP contribution in [0.4, 0.5) is 5.69 Å². The van der Waals surface area contributed by atoms with Crippen LogP contribution < -0.4 is 10.5 Å². The standard InChI is InChI=1S/C12H18N2O3S2/c13-19(16,17)9-10-1-3-11(4-2-10)14-12-5-7-18(15)8-6-12/h1-4,12,14H,5-9H2,(H2,13,16,17). The number of nitrogens with two attached hydrogens (primary N) is 1. The third-order valence-corrected chi connectivity index (χ3v) is 5.20. The molecule has 1 fully saturated rings. The van der Waals surface area contributed by atoms with Gasteiger partial charge in [-0.3, -0.25) is 4.21 Å². The van der Waals surface area contributed by atoms with E-state index in [4.69, 9.17) is 5.14 Å². The highest BCUT2D eigenvalue weighted by Crippen LogP contribution is 2.17. The van der Waals surface area contributed by atoms with Crippen molar-refractivity contribution in [1.82, 2.24) is 0 Å². The molecule has 0 aromatic heterocycles. The molecule has 0 aliphatic carbocycles. The second-order valence-electron chi connectivity index (χ2n) is 4.77. The van der Waals surface area contributed by atoms with Crippen LogP contribution in [0.5, 0.6) is 0 Å². The third-order valence-electron chi connectivity index (χ3n) is 3.08. The van der Waals surface area contributed by atoms with Crippen LogP contribution in [0.25, 0.3) is 0 Å². The largest absolute Gasteiger partial charge is 0.382 e. The number of benzene rings is 1.